The fraction of sp³-hybridized carbons (Fsp3) is 0.0253. The van der Waals surface area contributed by atoms with E-state index in [2.05, 4.69) is 318 Å². The van der Waals surface area contributed by atoms with E-state index < -0.39 is 0 Å². The van der Waals surface area contributed by atoms with Crippen LogP contribution in [0.5, 0.6) is 0 Å². The number of rotatable bonds is 14. The van der Waals surface area contributed by atoms with Crippen molar-refractivity contribution in [1.82, 2.24) is 0 Å². The zero-order chi connectivity index (χ0) is 57.2. The maximum Gasteiger partial charge on any atom is 0.337 e. The van der Waals surface area contributed by atoms with Crippen LogP contribution in [0.2, 0.25) is 0 Å². The maximum atomic E-state index is 12.5. The molecular weight excluding hydrogens is 1040 g/mol. The smallest absolute Gasteiger partial charge is 0.337 e. The second kappa shape index (κ2) is 22.6. The van der Waals surface area contributed by atoms with E-state index in [1.165, 1.54) is 34.2 Å². The monoisotopic (exact) mass is 1090 g/mol. The lowest BCUT2D eigenvalue weighted by molar-refractivity contribution is 0.0600. The summed E-state index contributed by atoms with van der Waals surface area (Å²) in [5, 5.41) is 9.31. The van der Waals surface area contributed by atoms with Crippen molar-refractivity contribution >= 4 is 117 Å². The molecule has 0 unspecified atom stereocenters. The molecule has 14 rings (SSSR count). The Morgan fingerprint density at radius 3 is 0.753 bits per heavy atom. The van der Waals surface area contributed by atoms with Crippen molar-refractivity contribution in [3.05, 3.63) is 327 Å². The summed E-state index contributed by atoms with van der Waals surface area (Å²) in [5.41, 5.74) is 16.5. The summed E-state index contributed by atoms with van der Waals surface area (Å²) in [4.78, 5) is 21.9. The van der Waals surface area contributed by atoms with E-state index in [1.54, 1.807) is 0 Å². The van der Waals surface area contributed by atoms with E-state index >= 15 is 0 Å². The normalized spacial score (nSPS) is 11.2. The van der Waals surface area contributed by atoms with Gasteiger partial charge in [-0.25, -0.2) is 4.79 Å². The molecule has 0 N–H and O–H groups in total. The van der Waals surface area contributed by atoms with Crippen molar-refractivity contribution in [2.75, 3.05) is 26.7 Å². The van der Waals surface area contributed by atoms with E-state index in [4.69, 9.17) is 4.74 Å². The highest BCUT2D eigenvalue weighted by Gasteiger charge is 2.22. The van der Waals surface area contributed by atoms with Crippen LogP contribution in [0.15, 0.2) is 315 Å². The van der Waals surface area contributed by atoms with E-state index in [-0.39, 0.29) is 5.97 Å². The van der Waals surface area contributed by atoms with Crippen LogP contribution in [0.25, 0.3) is 54.2 Å². The third kappa shape index (κ3) is 10.0. The SMILES string of the molecule is COC(=O)c1ccc(N(c2ccc(N(c3ccc(-c4ccc(N(c5ccc(N(c6ccc(C)cc6)c6cccc7ccccc67)cc5)c5cccc6ccccc56)cc4)cc3)c3cccc4ccccc34)cc2)c2cccc3ccccc23)cc1. The molecule has 0 aliphatic rings. The maximum absolute atomic E-state index is 12.5. The first kappa shape index (κ1) is 51.9. The summed E-state index contributed by atoms with van der Waals surface area (Å²) in [5.74, 6) is -0.371. The predicted molar refractivity (Wildman–Crippen MR) is 357 cm³/mol. The summed E-state index contributed by atoms with van der Waals surface area (Å²) >= 11 is 0. The first-order valence-corrected chi connectivity index (χ1v) is 28.7. The average molecular weight is 1100 g/mol. The van der Waals surface area contributed by atoms with Crippen molar-refractivity contribution in [3.8, 4) is 11.1 Å². The highest BCUT2D eigenvalue weighted by Crippen LogP contribution is 2.46. The highest BCUT2D eigenvalue weighted by molar-refractivity contribution is 6.03. The Kier molecular flexibility index (Phi) is 13.8. The van der Waals surface area contributed by atoms with Gasteiger partial charge in [-0.2, -0.15) is 0 Å². The number of hydrogen-bond donors (Lipinski definition) is 0. The van der Waals surface area contributed by atoms with E-state index in [0.29, 0.717) is 5.56 Å². The molecule has 6 heteroatoms. The largest absolute Gasteiger partial charge is 0.465 e. The molecule has 6 nitrogen and oxygen atoms in total. The van der Waals surface area contributed by atoms with Gasteiger partial charge in [-0.1, -0.05) is 188 Å². The van der Waals surface area contributed by atoms with Gasteiger partial charge in [-0.3, -0.25) is 0 Å². The Morgan fingerprint density at radius 2 is 0.482 bits per heavy atom. The van der Waals surface area contributed by atoms with Crippen molar-refractivity contribution in [2.24, 2.45) is 0 Å². The van der Waals surface area contributed by atoms with Gasteiger partial charge < -0.3 is 24.3 Å². The number of carbonyl (C=O) groups excluding carboxylic acids is 1. The van der Waals surface area contributed by atoms with Crippen LogP contribution < -0.4 is 19.6 Å². The van der Waals surface area contributed by atoms with Crippen molar-refractivity contribution in [3.63, 3.8) is 0 Å². The molecule has 0 bridgehead atoms. The Labute approximate surface area is 495 Å². The number of ether oxygens (including phenoxy) is 1. The molecule has 0 saturated heterocycles. The first-order valence-electron chi connectivity index (χ1n) is 28.7. The van der Waals surface area contributed by atoms with Crippen molar-refractivity contribution in [2.45, 2.75) is 6.92 Å². The molecule has 14 aromatic rings. The quantitative estimate of drug-likeness (QED) is 0.101. The highest BCUT2D eigenvalue weighted by atomic mass is 16.5. The Morgan fingerprint density at radius 1 is 0.259 bits per heavy atom. The van der Waals surface area contributed by atoms with Gasteiger partial charge >= 0.3 is 5.97 Å². The molecule has 85 heavy (non-hydrogen) atoms. The number of fused-ring (bicyclic) bond motifs is 4. The van der Waals surface area contributed by atoms with Gasteiger partial charge in [0.15, 0.2) is 0 Å². The van der Waals surface area contributed by atoms with Crippen LogP contribution in [-0.4, -0.2) is 13.1 Å². The minimum atomic E-state index is -0.371. The number of methoxy groups -OCH3 is 1. The van der Waals surface area contributed by atoms with Crippen LogP contribution in [0.3, 0.4) is 0 Å². The molecule has 0 aromatic heterocycles. The molecule has 0 spiro atoms. The standard InChI is InChI=1S/C79H58N4O2/c1-55-31-39-63(40-32-55)80(75-27-11-19-58-15-3-7-23-71(58)75)67-47-49-68(50-48-67)81(76-28-12-20-59-16-4-8-24-72(59)76)64-41-33-56(34-42-64)57-35-43-65(44-36-57)82(77-29-13-21-60-17-5-9-25-73(60)77)69-51-53-70(54-52-69)83(66-45-37-62(38-46-66)79(84)85-2)78-30-14-22-61-18-6-10-26-74(61)78/h3-54H,1-2H3. The topological polar surface area (TPSA) is 39.3 Å². The number of hydrogen-bond acceptors (Lipinski definition) is 6. The van der Waals surface area contributed by atoms with Crippen LogP contribution in [0.4, 0.5) is 68.2 Å². The van der Waals surface area contributed by atoms with E-state index in [9.17, 15) is 4.79 Å². The van der Waals surface area contributed by atoms with Crippen LogP contribution in [-0.2, 0) is 4.74 Å². The second-order valence-corrected chi connectivity index (χ2v) is 21.3. The van der Waals surface area contributed by atoms with Gasteiger partial charge in [0.2, 0.25) is 0 Å². The van der Waals surface area contributed by atoms with E-state index in [1.807, 2.05) is 24.3 Å². The summed E-state index contributed by atoms with van der Waals surface area (Å²) in [6, 6.07) is 112. The second-order valence-electron chi connectivity index (χ2n) is 21.3. The number of anilines is 12. The zero-order valence-electron chi connectivity index (χ0n) is 47.1. The molecule has 0 radical (unpaired) electrons. The summed E-state index contributed by atoms with van der Waals surface area (Å²) in [6.07, 6.45) is 0. The lowest BCUT2D eigenvalue weighted by Crippen LogP contribution is -2.13. The molecule has 406 valence electrons. The van der Waals surface area contributed by atoms with Gasteiger partial charge in [0, 0.05) is 67.0 Å². The Hall–Kier alpha value is -11.2. The summed E-state index contributed by atoms with van der Waals surface area (Å²) in [7, 11) is 1.41. The van der Waals surface area contributed by atoms with Crippen LogP contribution in [0.1, 0.15) is 15.9 Å². The molecule has 14 aromatic carbocycles. The first-order chi connectivity index (χ1) is 41.9. The third-order valence-corrected chi connectivity index (χ3v) is 16.2. The fourth-order valence-corrected chi connectivity index (χ4v) is 12.0. The number of esters is 1. The molecular formula is C79H58N4O2. The summed E-state index contributed by atoms with van der Waals surface area (Å²) < 4.78 is 5.06. The van der Waals surface area contributed by atoms with Crippen molar-refractivity contribution in [1.29, 1.82) is 0 Å². The number of carbonyl (C=O) groups is 1. The average Bonchev–Trinajstić information content (AvgIpc) is 3.61. The fourth-order valence-electron chi connectivity index (χ4n) is 12.0. The number of benzene rings is 14. The van der Waals surface area contributed by atoms with Crippen molar-refractivity contribution < 1.29 is 9.53 Å². The molecule has 0 aliphatic heterocycles. The Bertz CT molecular complexity index is 4700. The molecule has 0 saturated carbocycles. The van der Waals surface area contributed by atoms with Gasteiger partial charge in [-0.15, -0.1) is 0 Å². The lowest BCUT2D eigenvalue weighted by atomic mass is 10.0. The molecule has 0 amide bonds. The molecule has 0 fully saturated rings. The van der Waals surface area contributed by atoms with Crippen LogP contribution >= 0.6 is 0 Å². The predicted octanol–water partition coefficient (Wildman–Crippen LogP) is 21.9. The minimum Gasteiger partial charge on any atom is -0.465 e. The van der Waals surface area contributed by atoms with Crippen LogP contribution in [0, 0.1) is 6.92 Å². The third-order valence-electron chi connectivity index (χ3n) is 16.2. The molecule has 0 atom stereocenters. The van der Waals surface area contributed by atoms with Gasteiger partial charge in [-0.05, 0) is 173 Å². The molecule has 0 aliphatic carbocycles. The van der Waals surface area contributed by atoms with Gasteiger partial charge in [0.1, 0.15) is 0 Å². The lowest BCUT2D eigenvalue weighted by Gasteiger charge is -2.30. The van der Waals surface area contributed by atoms with Gasteiger partial charge in [0.25, 0.3) is 0 Å². The summed E-state index contributed by atoms with van der Waals surface area (Å²) in [6.45, 7) is 2.13. The Balaban J connectivity index is 0.816. The number of aryl methyl sites for hydroxylation is 1. The zero-order valence-corrected chi connectivity index (χ0v) is 47.1. The van der Waals surface area contributed by atoms with E-state index in [0.717, 1.165) is 101 Å². The van der Waals surface area contributed by atoms with Gasteiger partial charge in [0.05, 0.1) is 35.4 Å². The minimum absolute atomic E-state index is 0.371. The molecule has 0 heterocycles. The number of nitrogens with zero attached hydrogens (tertiary/aromatic N) is 4.